The highest BCUT2D eigenvalue weighted by Crippen LogP contribution is 2.69. The fourth-order valence-corrected chi connectivity index (χ4v) is 5.38. The quantitative estimate of drug-likeness (QED) is 0.718. The number of rotatable bonds is 1. The van der Waals surface area contributed by atoms with E-state index < -0.39 is 11.4 Å². The summed E-state index contributed by atoms with van der Waals surface area (Å²) in [6.07, 6.45) is 6.17. The Bertz CT molecular complexity index is 315. The minimum atomic E-state index is -0.564. The van der Waals surface area contributed by atoms with Crippen molar-refractivity contribution in [3.05, 3.63) is 6.92 Å². The van der Waals surface area contributed by atoms with E-state index >= 15 is 0 Å². The number of aliphatic carboxylic acids is 1. The van der Waals surface area contributed by atoms with Crippen LogP contribution in [0.15, 0.2) is 0 Å². The first-order valence-electron chi connectivity index (χ1n) is 5.94. The molecule has 4 atom stereocenters. The van der Waals surface area contributed by atoms with Gasteiger partial charge in [0.15, 0.2) is 0 Å². The highest BCUT2D eigenvalue weighted by atomic mass is 16.4. The van der Waals surface area contributed by atoms with Crippen molar-refractivity contribution in [3.63, 3.8) is 0 Å². The van der Waals surface area contributed by atoms with Crippen molar-refractivity contribution < 1.29 is 9.90 Å². The van der Waals surface area contributed by atoms with Gasteiger partial charge < -0.3 is 5.11 Å². The van der Waals surface area contributed by atoms with Gasteiger partial charge in [-0.25, -0.2) is 0 Å². The van der Waals surface area contributed by atoms with Gasteiger partial charge in [-0.2, -0.15) is 0 Å². The summed E-state index contributed by atoms with van der Waals surface area (Å²) in [5.74, 6) is 0.0608. The first-order chi connectivity index (χ1) is 6.85. The van der Waals surface area contributed by atoms with Crippen molar-refractivity contribution in [3.8, 4) is 0 Å². The number of hydrogen-bond donors (Lipinski definition) is 1. The van der Waals surface area contributed by atoms with Crippen LogP contribution in [0.4, 0.5) is 0 Å². The molecule has 4 aliphatic rings. The Balaban J connectivity index is 2.05. The fourth-order valence-electron chi connectivity index (χ4n) is 5.38. The summed E-state index contributed by atoms with van der Waals surface area (Å²) in [5, 5.41) is 9.48. The van der Waals surface area contributed by atoms with Gasteiger partial charge >= 0.3 is 5.97 Å². The molecular weight excluding hydrogens is 188 g/mol. The molecular formula is C13H19O2. The summed E-state index contributed by atoms with van der Waals surface area (Å²) in [6, 6.07) is 0. The molecule has 4 aliphatic carbocycles. The zero-order valence-electron chi connectivity index (χ0n) is 9.38. The summed E-state index contributed by atoms with van der Waals surface area (Å²) in [6.45, 7) is 6.61. The highest BCUT2D eigenvalue weighted by Gasteiger charge is 2.62. The molecule has 83 valence electrons. The van der Waals surface area contributed by atoms with Crippen LogP contribution in [0, 0.1) is 29.1 Å². The minimum absolute atomic E-state index is 0.0759. The predicted octanol–water partition coefficient (Wildman–Crippen LogP) is 2.88. The third kappa shape index (κ3) is 1.20. The van der Waals surface area contributed by atoms with E-state index in [9.17, 15) is 9.90 Å². The standard InChI is InChI=1S/C13H19O2/c1-11-3-9-4-12(2,6-11)8-13(5-9,7-11)10(14)15/h9H,1,3-8H2,2H3,(H,14,15). The van der Waals surface area contributed by atoms with Crippen molar-refractivity contribution in [1.29, 1.82) is 0 Å². The van der Waals surface area contributed by atoms with Crippen LogP contribution in [-0.4, -0.2) is 11.1 Å². The lowest BCUT2D eigenvalue weighted by Crippen LogP contribution is -2.57. The second-order valence-electron chi connectivity index (χ2n) is 6.90. The first-order valence-corrected chi connectivity index (χ1v) is 5.94. The van der Waals surface area contributed by atoms with Gasteiger partial charge in [-0.05, 0) is 62.2 Å². The average Bonchev–Trinajstić information content (AvgIpc) is 1.95. The Morgan fingerprint density at radius 3 is 2.53 bits per heavy atom. The third-order valence-electron chi connectivity index (χ3n) is 4.92. The van der Waals surface area contributed by atoms with Crippen LogP contribution in [0.25, 0.3) is 0 Å². The van der Waals surface area contributed by atoms with E-state index in [2.05, 4.69) is 13.8 Å². The van der Waals surface area contributed by atoms with Crippen LogP contribution in [0.1, 0.15) is 45.4 Å². The summed E-state index contributed by atoms with van der Waals surface area (Å²) in [4.78, 5) is 11.5. The minimum Gasteiger partial charge on any atom is -0.481 e. The molecule has 15 heavy (non-hydrogen) atoms. The van der Waals surface area contributed by atoms with Gasteiger partial charge in [-0.3, -0.25) is 4.79 Å². The van der Waals surface area contributed by atoms with Gasteiger partial charge in [0.25, 0.3) is 0 Å². The zero-order valence-corrected chi connectivity index (χ0v) is 9.38. The molecule has 0 aromatic rings. The zero-order chi connectivity index (χ0) is 10.9. The average molecular weight is 207 g/mol. The fraction of sp³-hybridized carbons (Fsp3) is 0.846. The second-order valence-corrected chi connectivity index (χ2v) is 6.90. The monoisotopic (exact) mass is 207 g/mol. The maximum absolute atomic E-state index is 11.5. The molecule has 0 heterocycles. The van der Waals surface area contributed by atoms with E-state index in [1.165, 1.54) is 6.42 Å². The van der Waals surface area contributed by atoms with E-state index in [-0.39, 0.29) is 10.8 Å². The lowest BCUT2D eigenvalue weighted by Gasteiger charge is -2.63. The Hall–Kier alpha value is -0.530. The number of carboxylic acid groups (broad SMARTS) is 1. The van der Waals surface area contributed by atoms with Gasteiger partial charge in [0.1, 0.15) is 0 Å². The molecule has 0 saturated heterocycles. The molecule has 4 fully saturated rings. The van der Waals surface area contributed by atoms with E-state index in [4.69, 9.17) is 0 Å². The molecule has 4 unspecified atom stereocenters. The highest BCUT2D eigenvalue weighted by molar-refractivity contribution is 5.75. The van der Waals surface area contributed by atoms with Crippen LogP contribution in [0.2, 0.25) is 0 Å². The van der Waals surface area contributed by atoms with Crippen LogP contribution in [-0.2, 0) is 4.79 Å². The van der Waals surface area contributed by atoms with Gasteiger partial charge in [-0.1, -0.05) is 6.92 Å². The van der Waals surface area contributed by atoms with E-state index in [1.807, 2.05) is 0 Å². The molecule has 4 rings (SSSR count). The van der Waals surface area contributed by atoms with Gasteiger partial charge in [0.2, 0.25) is 0 Å². The summed E-state index contributed by atoms with van der Waals surface area (Å²) in [7, 11) is 0. The van der Waals surface area contributed by atoms with E-state index in [1.54, 1.807) is 0 Å². The van der Waals surface area contributed by atoms with Crippen LogP contribution >= 0.6 is 0 Å². The van der Waals surface area contributed by atoms with Crippen LogP contribution in [0.5, 0.6) is 0 Å². The number of carboxylic acids is 1. The van der Waals surface area contributed by atoms with E-state index in [0.717, 1.165) is 32.1 Å². The maximum atomic E-state index is 11.5. The van der Waals surface area contributed by atoms with Crippen LogP contribution in [0.3, 0.4) is 0 Å². The molecule has 0 aromatic carbocycles. The Morgan fingerprint density at radius 2 is 2.00 bits per heavy atom. The third-order valence-corrected chi connectivity index (χ3v) is 4.92. The molecule has 4 bridgehead atoms. The SMILES string of the molecule is [CH2]C12CC3CC(C)(C1)CC(C(=O)O)(C3)C2. The molecule has 0 aliphatic heterocycles. The molecule has 2 nitrogen and oxygen atoms in total. The first kappa shape index (κ1) is 9.68. The number of carbonyl (C=O) groups is 1. The molecule has 4 saturated carbocycles. The van der Waals surface area contributed by atoms with Crippen molar-refractivity contribution in [2.75, 3.05) is 0 Å². The lowest BCUT2D eigenvalue weighted by atomic mass is 9.40. The molecule has 0 aromatic heterocycles. The van der Waals surface area contributed by atoms with Gasteiger partial charge in [-0.15, -0.1) is 0 Å². The number of hydrogen-bond acceptors (Lipinski definition) is 1. The Kier molecular flexibility index (Phi) is 1.56. The molecule has 0 amide bonds. The van der Waals surface area contributed by atoms with Crippen molar-refractivity contribution in [1.82, 2.24) is 0 Å². The molecule has 1 radical (unpaired) electrons. The molecule has 0 spiro atoms. The summed E-state index contributed by atoms with van der Waals surface area (Å²) < 4.78 is 0. The van der Waals surface area contributed by atoms with Gasteiger partial charge in [0, 0.05) is 0 Å². The largest absolute Gasteiger partial charge is 0.481 e. The van der Waals surface area contributed by atoms with Gasteiger partial charge in [0.05, 0.1) is 5.41 Å². The maximum Gasteiger partial charge on any atom is 0.309 e. The van der Waals surface area contributed by atoms with Crippen LogP contribution < -0.4 is 0 Å². The normalized spacial score (nSPS) is 57.1. The van der Waals surface area contributed by atoms with Crippen molar-refractivity contribution in [2.24, 2.45) is 22.2 Å². The molecule has 1 N–H and O–H groups in total. The lowest BCUT2D eigenvalue weighted by molar-refractivity contribution is -0.181. The second kappa shape index (κ2) is 2.41. The topological polar surface area (TPSA) is 37.3 Å². The van der Waals surface area contributed by atoms with Crippen molar-refractivity contribution in [2.45, 2.75) is 45.4 Å². The Labute approximate surface area is 91.1 Å². The Morgan fingerprint density at radius 1 is 1.27 bits per heavy atom. The summed E-state index contributed by atoms with van der Waals surface area (Å²) >= 11 is 0. The smallest absolute Gasteiger partial charge is 0.309 e. The van der Waals surface area contributed by atoms with E-state index in [0.29, 0.717) is 5.92 Å². The summed E-state index contributed by atoms with van der Waals surface area (Å²) in [5.41, 5.74) is -0.0813. The predicted molar refractivity (Wildman–Crippen MR) is 57.2 cm³/mol. The molecule has 2 heteroatoms. The van der Waals surface area contributed by atoms with Crippen molar-refractivity contribution >= 4 is 5.97 Å².